The molecule has 5 nitrogen and oxygen atoms in total. The Balaban J connectivity index is 2.59. The molecular formula is C10H17NO4. The van der Waals surface area contributed by atoms with Crippen LogP contribution >= 0.6 is 0 Å². The number of methoxy groups -OCH3 is 1. The number of aliphatic hydroxyl groups is 1. The third-order valence-corrected chi connectivity index (χ3v) is 2.77. The lowest BCUT2D eigenvalue weighted by molar-refractivity contribution is -0.148. The Kier molecular flexibility index (Phi) is 3.34. The molecule has 0 aliphatic heterocycles. The molecular weight excluding hydrogens is 198 g/mol. The van der Waals surface area contributed by atoms with Crippen LogP contribution in [0.2, 0.25) is 0 Å². The van der Waals surface area contributed by atoms with Crippen molar-refractivity contribution in [2.24, 2.45) is 5.41 Å². The summed E-state index contributed by atoms with van der Waals surface area (Å²) >= 11 is 0. The van der Waals surface area contributed by atoms with Crippen LogP contribution in [0, 0.1) is 5.41 Å². The molecule has 15 heavy (non-hydrogen) atoms. The van der Waals surface area contributed by atoms with Gasteiger partial charge in [0.1, 0.15) is 0 Å². The van der Waals surface area contributed by atoms with Crippen LogP contribution in [0.5, 0.6) is 0 Å². The van der Waals surface area contributed by atoms with Gasteiger partial charge in [-0.15, -0.1) is 0 Å². The Morgan fingerprint density at radius 2 is 2.00 bits per heavy atom. The van der Waals surface area contributed by atoms with E-state index in [9.17, 15) is 14.7 Å². The number of esters is 1. The summed E-state index contributed by atoms with van der Waals surface area (Å²) in [6, 6.07) is -0.972. The van der Waals surface area contributed by atoms with E-state index in [1.807, 2.05) is 6.92 Å². The maximum Gasteiger partial charge on any atom is 0.331 e. The number of nitrogens with one attached hydrogen (secondary N) is 1. The van der Waals surface area contributed by atoms with Crippen molar-refractivity contribution in [3.63, 3.8) is 0 Å². The largest absolute Gasteiger partial charge is 0.467 e. The highest BCUT2D eigenvalue weighted by molar-refractivity contribution is 5.89. The lowest BCUT2D eigenvalue weighted by Crippen LogP contribution is -2.50. The zero-order valence-electron chi connectivity index (χ0n) is 9.24. The van der Waals surface area contributed by atoms with E-state index in [1.165, 1.54) is 14.0 Å². The van der Waals surface area contributed by atoms with Gasteiger partial charge in [0.05, 0.1) is 13.2 Å². The monoisotopic (exact) mass is 215 g/mol. The van der Waals surface area contributed by atoms with Crippen molar-refractivity contribution in [2.75, 3.05) is 7.11 Å². The first kappa shape index (κ1) is 12.0. The molecule has 0 aromatic carbocycles. The summed E-state index contributed by atoms with van der Waals surface area (Å²) in [5.41, 5.74) is -0.360. The maximum atomic E-state index is 11.6. The average molecular weight is 215 g/mol. The van der Waals surface area contributed by atoms with Gasteiger partial charge < -0.3 is 15.2 Å². The molecule has 1 fully saturated rings. The molecule has 2 N–H and O–H groups in total. The Hall–Kier alpha value is -1.10. The molecule has 0 spiro atoms. The number of hydrogen-bond acceptors (Lipinski definition) is 4. The first-order chi connectivity index (χ1) is 6.90. The van der Waals surface area contributed by atoms with Gasteiger partial charge in [0.15, 0.2) is 6.04 Å². The number of carbonyl (C=O) groups is 2. The molecule has 0 heterocycles. The molecule has 1 aliphatic rings. The summed E-state index contributed by atoms with van der Waals surface area (Å²) in [4.78, 5) is 22.9. The third kappa shape index (κ3) is 2.68. The van der Waals surface area contributed by atoms with Crippen molar-refractivity contribution in [3.8, 4) is 0 Å². The molecule has 5 heteroatoms. The van der Waals surface area contributed by atoms with Crippen LogP contribution in [-0.4, -0.2) is 36.2 Å². The van der Waals surface area contributed by atoms with Gasteiger partial charge >= 0.3 is 5.97 Å². The van der Waals surface area contributed by atoms with E-state index in [4.69, 9.17) is 0 Å². The van der Waals surface area contributed by atoms with Crippen molar-refractivity contribution < 1.29 is 19.4 Å². The molecule has 1 saturated carbocycles. The molecule has 1 amide bonds. The van der Waals surface area contributed by atoms with Gasteiger partial charge in [0, 0.05) is 5.41 Å². The Morgan fingerprint density at radius 3 is 2.33 bits per heavy atom. The summed E-state index contributed by atoms with van der Waals surface area (Å²) in [5, 5.41) is 11.8. The van der Waals surface area contributed by atoms with Crippen molar-refractivity contribution >= 4 is 11.9 Å². The normalized spacial score (nSPS) is 21.3. The highest BCUT2D eigenvalue weighted by Crippen LogP contribution is 2.45. The van der Waals surface area contributed by atoms with Crippen molar-refractivity contribution in [2.45, 2.75) is 38.8 Å². The fourth-order valence-corrected chi connectivity index (χ4v) is 1.23. The SMILES string of the molecule is COC(=O)[C@@H](NC(=O)C1(C)CC1)[C@@H](C)O. The Labute approximate surface area is 88.8 Å². The zero-order chi connectivity index (χ0) is 11.6. The van der Waals surface area contributed by atoms with Crippen LogP contribution in [0.15, 0.2) is 0 Å². The molecule has 0 bridgehead atoms. The molecule has 2 atom stereocenters. The van der Waals surface area contributed by atoms with E-state index in [-0.39, 0.29) is 11.3 Å². The summed E-state index contributed by atoms with van der Waals surface area (Å²) in [6.45, 7) is 3.27. The molecule has 1 rings (SSSR count). The van der Waals surface area contributed by atoms with Gasteiger partial charge in [-0.3, -0.25) is 4.79 Å². The first-order valence-electron chi connectivity index (χ1n) is 4.97. The second-order valence-electron chi connectivity index (χ2n) is 4.28. The average Bonchev–Trinajstić information content (AvgIpc) is 2.92. The number of amides is 1. The van der Waals surface area contributed by atoms with E-state index in [0.717, 1.165) is 12.8 Å². The predicted octanol–water partition coefficient (Wildman–Crippen LogP) is -0.175. The summed E-state index contributed by atoms with van der Waals surface area (Å²) in [7, 11) is 1.22. The van der Waals surface area contributed by atoms with Gasteiger partial charge in [-0.1, -0.05) is 6.92 Å². The van der Waals surface area contributed by atoms with Crippen LogP contribution < -0.4 is 5.32 Å². The predicted molar refractivity (Wildman–Crippen MR) is 53.0 cm³/mol. The van der Waals surface area contributed by atoms with Crippen LogP contribution in [-0.2, 0) is 14.3 Å². The maximum absolute atomic E-state index is 11.6. The number of carbonyl (C=O) groups excluding carboxylic acids is 2. The number of ether oxygens (including phenoxy) is 1. The minimum Gasteiger partial charge on any atom is -0.467 e. The number of aliphatic hydroxyl groups excluding tert-OH is 1. The summed E-state index contributed by atoms with van der Waals surface area (Å²) in [6.07, 6.45) is 0.697. The van der Waals surface area contributed by atoms with E-state index in [2.05, 4.69) is 10.1 Å². The summed E-state index contributed by atoms with van der Waals surface area (Å²) in [5.74, 6) is -0.818. The molecule has 86 valence electrons. The van der Waals surface area contributed by atoms with Gasteiger partial charge in [0.25, 0.3) is 0 Å². The van der Waals surface area contributed by atoms with Crippen LogP contribution in [0.25, 0.3) is 0 Å². The van der Waals surface area contributed by atoms with E-state index < -0.39 is 18.1 Å². The van der Waals surface area contributed by atoms with Crippen LogP contribution in [0.1, 0.15) is 26.7 Å². The van der Waals surface area contributed by atoms with Gasteiger partial charge in [-0.05, 0) is 19.8 Å². The van der Waals surface area contributed by atoms with E-state index >= 15 is 0 Å². The molecule has 0 radical (unpaired) electrons. The molecule has 0 saturated heterocycles. The molecule has 0 aromatic rings. The fourth-order valence-electron chi connectivity index (χ4n) is 1.23. The highest BCUT2D eigenvalue weighted by atomic mass is 16.5. The molecule has 0 unspecified atom stereocenters. The number of hydrogen-bond donors (Lipinski definition) is 2. The van der Waals surface area contributed by atoms with Crippen LogP contribution in [0.3, 0.4) is 0 Å². The third-order valence-electron chi connectivity index (χ3n) is 2.77. The topological polar surface area (TPSA) is 75.6 Å². The lowest BCUT2D eigenvalue weighted by atomic mass is 10.1. The van der Waals surface area contributed by atoms with E-state index in [1.54, 1.807) is 0 Å². The van der Waals surface area contributed by atoms with Crippen molar-refractivity contribution in [3.05, 3.63) is 0 Å². The Morgan fingerprint density at radius 1 is 1.47 bits per heavy atom. The van der Waals surface area contributed by atoms with Crippen molar-refractivity contribution in [1.82, 2.24) is 5.32 Å². The van der Waals surface area contributed by atoms with E-state index in [0.29, 0.717) is 0 Å². The highest BCUT2D eigenvalue weighted by Gasteiger charge is 2.46. The minimum absolute atomic E-state index is 0.196. The minimum atomic E-state index is -0.972. The molecule has 1 aliphatic carbocycles. The quantitative estimate of drug-likeness (QED) is 0.638. The first-order valence-corrected chi connectivity index (χ1v) is 4.97. The smallest absolute Gasteiger partial charge is 0.331 e. The second kappa shape index (κ2) is 4.18. The lowest BCUT2D eigenvalue weighted by Gasteiger charge is -2.20. The van der Waals surface area contributed by atoms with Gasteiger partial charge in [-0.25, -0.2) is 4.79 Å². The van der Waals surface area contributed by atoms with Crippen LogP contribution in [0.4, 0.5) is 0 Å². The van der Waals surface area contributed by atoms with Crippen molar-refractivity contribution in [1.29, 1.82) is 0 Å². The zero-order valence-corrected chi connectivity index (χ0v) is 9.24. The second-order valence-corrected chi connectivity index (χ2v) is 4.28. The van der Waals surface area contributed by atoms with Gasteiger partial charge in [0.2, 0.25) is 5.91 Å². The fraction of sp³-hybridized carbons (Fsp3) is 0.800. The van der Waals surface area contributed by atoms with Gasteiger partial charge in [-0.2, -0.15) is 0 Å². The molecule has 0 aromatic heterocycles. The summed E-state index contributed by atoms with van der Waals surface area (Å²) < 4.78 is 4.49. The standard InChI is InChI=1S/C10H17NO4/c1-6(12)7(8(13)15-3)11-9(14)10(2)4-5-10/h6-7,12H,4-5H2,1-3H3,(H,11,14)/t6-,7+/m1/s1. The Bertz CT molecular complexity index is 271. The number of rotatable bonds is 4.